The summed E-state index contributed by atoms with van der Waals surface area (Å²) in [6, 6.07) is 0. The summed E-state index contributed by atoms with van der Waals surface area (Å²) in [5, 5.41) is 0. The molecule has 0 radical (unpaired) electrons. The number of nitrogens with zero attached hydrogens (tertiary/aromatic N) is 2. The third kappa shape index (κ3) is 5.21. The van der Waals surface area contributed by atoms with Gasteiger partial charge in [0.15, 0.2) is 0 Å². The van der Waals surface area contributed by atoms with Crippen molar-refractivity contribution in [2.75, 3.05) is 0 Å². The van der Waals surface area contributed by atoms with Gasteiger partial charge in [-0.15, -0.1) is 0 Å². The van der Waals surface area contributed by atoms with E-state index in [1.165, 1.54) is 11.1 Å². The molecule has 0 N–H and O–H groups in total. The van der Waals surface area contributed by atoms with E-state index in [0.29, 0.717) is 0 Å². The Balaban J connectivity index is 2.30. The van der Waals surface area contributed by atoms with E-state index in [1.54, 1.807) is 0 Å². The molecule has 82 valence electrons. The first-order valence-corrected chi connectivity index (χ1v) is 5.43. The second kappa shape index (κ2) is 6.23. The standard InChI is InChI=1S/C13H20N2/c1-12(2)5-4-6-13(3)7-9-15-10-8-14-11-15/h5,7-8,10-11H,4,6,9H2,1-3H3/b13-7+. The highest BCUT2D eigenvalue weighted by Gasteiger charge is 1.90. The van der Waals surface area contributed by atoms with Crippen LogP contribution in [0.1, 0.15) is 33.6 Å². The normalized spacial score (nSPS) is 11.5. The van der Waals surface area contributed by atoms with Crippen molar-refractivity contribution >= 4 is 0 Å². The first-order chi connectivity index (χ1) is 7.18. The van der Waals surface area contributed by atoms with Crippen molar-refractivity contribution < 1.29 is 0 Å². The van der Waals surface area contributed by atoms with Gasteiger partial charge in [-0.2, -0.15) is 0 Å². The Morgan fingerprint density at radius 1 is 1.27 bits per heavy atom. The highest BCUT2D eigenvalue weighted by atomic mass is 15.0. The summed E-state index contributed by atoms with van der Waals surface area (Å²) >= 11 is 0. The SMILES string of the molecule is CC(C)=CCC/C(C)=C/Cn1ccnc1. The van der Waals surface area contributed by atoms with Crippen molar-refractivity contribution in [3.63, 3.8) is 0 Å². The van der Waals surface area contributed by atoms with Crippen LogP contribution in [0.25, 0.3) is 0 Å². The number of allylic oxidation sites excluding steroid dienone is 4. The zero-order valence-corrected chi connectivity index (χ0v) is 9.90. The van der Waals surface area contributed by atoms with E-state index in [9.17, 15) is 0 Å². The lowest BCUT2D eigenvalue weighted by atomic mass is 10.1. The van der Waals surface area contributed by atoms with E-state index in [1.807, 2.05) is 18.7 Å². The van der Waals surface area contributed by atoms with Gasteiger partial charge in [-0.05, 0) is 33.6 Å². The summed E-state index contributed by atoms with van der Waals surface area (Å²) in [5.74, 6) is 0. The molecule has 0 amide bonds. The summed E-state index contributed by atoms with van der Waals surface area (Å²) in [6.45, 7) is 7.41. The van der Waals surface area contributed by atoms with Crippen molar-refractivity contribution in [3.05, 3.63) is 42.0 Å². The van der Waals surface area contributed by atoms with Gasteiger partial charge in [0.25, 0.3) is 0 Å². The maximum atomic E-state index is 4.01. The fourth-order valence-corrected chi connectivity index (χ4v) is 1.35. The predicted octanol–water partition coefficient (Wildman–Crippen LogP) is 3.58. The van der Waals surface area contributed by atoms with Crippen LogP contribution < -0.4 is 0 Å². The minimum absolute atomic E-state index is 0.931. The Morgan fingerprint density at radius 2 is 2.07 bits per heavy atom. The molecule has 0 aliphatic carbocycles. The summed E-state index contributed by atoms with van der Waals surface area (Å²) in [6.07, 6.45) is 12.5. The van der Waals surface area contributed by atoms with Gasteiger partial charge in [-0.1, -0.05) is 23.3 Å². The molecule has 0 bridgehead atoms. The molecule has 0 unspecified atom stereocenters. The monoisotopic (exact) mass is 204 g/mol. The van der Waals surface area contributed by atoms with Crippen LogP contribution >= 0.6 is 0 Å². The molecule has 0 aliphatic heterocycles. The third-order valence-corrected chi connectivity index (χ3v) is 2.30. The van der Waals surface area contributed by atoms with Crippen molar-refractivity contribution in [3.8, 4) is 0 Å². The van der Waals surface area contributed by atoms with Gasteiger partial charge < -0.3 is 4.57 Å². The van der Waals surface area contributed by atoms with Gasteiger partial charge in [0.2, 0.25) is 0 Å². The smallest absolute Gasteiger partial charge is 0.0948 e. The van der Waals surface area contributed by atoms with Gasteiger partial charge in [-0.3, -0.25) is 0 Å². The largest absolute Gasteiger partial charge is 0.334 e. The summed E-state index contributed by atoms with van der Waals surface area (Å²) in [7, 11) is 0. The maximum absolute atomic E-state index is 4.01. The fraction of sp³-hybridized carbons (Fsp3) is 0.462. The van der Waals surface area contributed by atoms with E-state index in [4.69, 9.17) is 0 Å². The number of hydrogen-bond acceptors (Lipinski definition) is 1. The molecule has 15 heavy (non-hydrogen) atoms. The Labute approximate surface area is 92.3 Å². The average Bonchev–Trinajstić information content (AvgIpc) is 2.66. The van der Waals surface area contributed by atoms with Crippen molar-refractivity contribution in [2.24, 2.45) is 0 Å². The molecule has 2 heteroatoms. The van der Waals surface area contributed by atoms with Crippen molar-refractivity contribution in [2.45, 2.75) is 40.2 Å². The molecule has 1 aromatic heterocycles. The first-order valence-electron chi connectivity index (χ1n) is 5.43. The van der Waals surface area contributed by atoms with Crippen LogP contribution in [-0.2, 0) is 6.54 Å². The predicted molar refractivity (Wildman–Crippen MR) is 64.6 cm³/mol. The van der Waals surface area contributed by atoms with Gasteiger partial charge in [0, 0.05) is 18.9 Å². The van der Waals surface area contributed by atoms with Crippen LogP contribution in [0, 0.1) is 0 Å². The van der Waals surface area contributed by atoms with Gasteiger partial charge in [0.05, 0.1) is 6.33 Å². The number of hydrogen-bond donors (Lipinski definition) is 0. The number of imidazole rings is 1. The number of rotatable bonds is 5. The maximum Gasteiger partial charge on any atom is 0.0948 e. The molecule has 1 aromatic rings. The molecule has 2 nitrogen and oxygen atoms in total. The van der Waals surface area contributed by atoms with Crippen LogP contribution in [0.15, 0.2) is 42.0 Å². The lowest BCUT2D eigenvalue weighted by molar-refractivity contribution is 0.805. The van der Waals surface area contributed by atoms with E-state index >= 15 is 0 Å². The first kappa shape index (κ1) is 11.8. The fourth-order valence-electron chi connectivity index (χ4n) is 1.35. The average molecular weight is 204 g/mol. The van der Waals surface area contributed by atoms with Gasteiger partial charge in [-0.25, -0.2) is 4.98 Å². The highest BCUT2D eigenvalue weighted by molar-refractivity contribution is 5.02. The summed E-state index contributed by atoms with van der Waals surface area (Å²) in [4.78, 5) is 4.01. The minimum atomic E-state index is 0.931. The zero-order chi connectivity index (χ0) is 11.1. The molecule has 0 fully saturated rings. The van der Waals surface area contributed by atoms with Crippen molar-refractivity contribution in [1.29, 1.82) is 0 Å². The second-order valence-electron chi connectivity index (χ2n) is 4.13. The molecule has 0 spiro atoms. The topological polar surface area (TPSA) is 17.8 Å². The Morgan fingerprint density at radius 3 is 2.67 bits per heavy atom. The van der Waals surface area contributed by atoms with Crippen LogP contribution in [0.2, 0.25) is 0 Å². The zero-order valence-electron chi connectivity index (χ0n) is 9.90. The summed E-state index contributed by atoms with van der Waals surface area (Å²) < 4.78 is 2.07. The minimum Gasteiger partial charge on any atom is -0.334 e. The lowest BCUT2D eigenvalue weighted by Crippen LogP contribution is -1.91. The van der Waals surface area contributed by atoms with Crippen LogP contribution in [-0.4, -0.2) is 9.55 Å². The highest BCUT2D eigenvalue weighted by Crippen LogP contribution is 2.06. The van der Waals surface area contributed by atoms with Crippen LogP contribution in [0.4, 0.5) is 0 Å². The van der Waals surface area contributed by atoms with E-state index < -0.39 is 0 Å². The summed E-state index contributed by atoms with van der Waals surface area (Å²) in [5.41, 5.74) is 2.85. The number of aromatic nitrogens is 2. The molecule has 0 aliphatic rings. The molecule has 0 atom stereocenters. The molecule has 1 rings (SSSR count). The molecular formula is C13H20N2. The van der Waals surface area contributed by atoms with Gasteiger partial charge >= 0.3 is 0 Å². The molecule has 1 heterocycles. The molecule has 0 saturated carbocycles. The van der Waals surface area contributed by atoms with E-state index in [0.717, 1.165) is 19.4 Å². The van der Waals surface area contributed by atoms with Crippen LogP contribution in [0.3, 0.4) is 0 Å². The third-order valence-electron chi connectivity index (χ3n) is 2.30. The van der Waals surface area contributed by atoms with Crippen LogP contribution in [0.5, 0.6) is 0 Å². The molecule has 0 aromatic carbocycles. The Bertz CT molecular complexity index is 327. The van der Waals surface area contributed by atoms with E-state index in [2.05, 4.69) is 42.5 Å². The lowest BCUT2D eigenvalue weighted by Gasteiger charge is -2.00. The van der Waals surface area contributed by atoms with Gasteiger partial charge in [0.1, 0.15) is 0 Å². The molecule has 0 saturated heterocycles. The molecular weight excluding hydrogens is 184 g/mol. The van der Waals surface area contributed by atoms with Crippen molar-refractivity contribution in [1.82, 2.24) is 9.55 Å². The second-order valence-corrected chi connectivity index (χ2v) is 4.13. The van der Waals surface area contributed by atoms with E-state index in [-0.39, 0.29) is 0 Å². The Hall–Kier alpha value is -1.31. The quantitative estimate of drug-likeness (QED) is 0.670. The Kier molecular flexibility index (Phi) is 4.88.